The molecule has 202 valence electrons. The third-order valence-electron chi connectivity index (χ3n) is 6.29. The second-order valence-electron chi connectivity index (χ2n) is 8.94. The molecule has 3 amide bonds. The quantitative estimate of drug-likeness (QED) is 0.353. The molecule has 0 bridgehead atoms. The van der Waals surface area contributed by atoms with E-state index >= 15 is 0 Å². The van der Waals surface area contributed by atoms with Gasteiger partial charge in [-0.15, -0.1) is 0 Å². The number of benzene rings is 1. The number of hydrogen-bond donors (Lipinski definition) is 2. The van der Waals surface area contributed by atoms with Gasteiger partial charge in [0, 0.05) is 62.4 Å². The first-order valence-electron chi connectivity index (χ1n) is 12.9. The molecule has 0 aliphatic carbocycles. The van der Waals surface area contributed by atoms with Crippen LogP contribution in [0.2, 0.25) is 0 Å². The number of rotatable bonds is 7. The average Bonchev–Trinajstić information content (AvgIpc) is 3.36. The van der Waals surface area contributed by atoms with Crippen LogP contribution in [0.1, 0.15) is 19.7 Å². The first kappa shape index (κ1) is 26.4. The number of urea groups is 1. The van der Waals surface area contributed by atoms with Crippen LogP contribution in [0.3, 0.4) is 0 Å². The molecule has 39 heavy (non-hydrogen) atoms. The molecule has 0 radical (unpaired) electrons. The molecule has 1 aliphatic heterocycles. The molecule has 3 aromatic heterocycles. The van der Waals surface area contributed by atoms with Crippen molar-refractivity contribution in [3.63, 3.8) is 0 Å². The molecule has 0 unspecified atom stereocenters. The maximum atomic E-state index is 12.1. The fourth-order valence-corrected chi connectivity index (χ4v) is 5.32. The van der Waals surface area contributed by atoms with Crippen LogP contribution in [0.4, 0.5) is 14.7 Å². The molecule has 11 nitrogen and oxygen atoms in total. The number of carbonyl (C=O) groups is 2. The van der Waals surface area contributed by atoms with E-state index in [9.17, 15) is 9.59 Å². The summed E-state index contributed by atoms with van der Waals surface area (Å²) in [6.45, 7) is 7.92. The molecule has 1 fully saturated rings. The van der Waals surface area contributed by atoms with Gasteiger partial charge in [0.2, 0.25) is 0 Å². The number of carbonyl (C=O) groups excluding carboxylic acids is 2. The highest BCUT2D eigenvalue weighted by molar-refractivity contribution is 7.22. The van der Waals surface area contributed by atoms with E-state index in [0.717, 1.165) is 51.5 Å². The van der Waals surface area contributed by atoms with Crippen molar-refractivity contribution in [1.82, 2.24) is 35.1 Å². The molecule has 12 heteroatoms. The maximum Gasteiger partial charge on any atom is 0.409 e. The lowest BCUT2D eigenvalue weighted by Gasteiger charge is -2.33. The second-order valence-corrected chi connectivity index (χ2v) is 9.94. The molecule has 0 saturated carbocycles. The predicted octanol–water partition coefficient (Wildman–Crippen LogP) is 4.23. The summed E-state index contributed by atoms with van der Waals surface area (Å²) in [4.78, 5) is 46.4. The topological polar surface area (TPSA) is 125 Å². The van der Waals surface area contributed by atoms with Gasteiger partial charge in [-0.05, 0) is 43.7 Å². The van der Waals surface area contributed by atoms with E-state index in [1.807, 2.05) is 50.5 Å². The summed E-state index contributed by atoms with van der Waals surface area (Å²) in [5.74, 6) is 0.719. The number of piperazine rings is 1. The van der Waals surface area contributed by atoms with Crippen LogP contribution in [0.15, 0.2) is 48.9 Å². The number of thiazole rings is 1. The number of aromatic nitrogens is 4. The van der Waals surface area contributed by atoms with Crippen LogP contribution in [-0.4, -0.2) is 81.2 Å². The van der Waals surface area contributed by atoms with Gasteiger partial charge in [0.25, 0.3) is 0 Å². The first-order valence-corrected chi connectivity index (χ1v) is 13.7. The van der Waals surface area contributed by atoms with Crippen molar-refractivity contribution in [2.75, 3.05) is 44.6 Å². The Labute approximate surface area is 230 Å². The van der Waals surface area contributed by atoms with E-state index in [4.69, 9.17) is 4.74 Å². The number of nitrogens with one attached hydrogen (secondary N) is 2. The molecule has 5 rings (SSSR count). The summed E-state index contributed by atoms with van der Waals surface area (Å²) in [5.41, 5.74) is 4.27. The van der Waals surface area contributed by atoms with Crippen LogP contribution >= 0.6 is 11.3 Å². The lowest BCUT2D eigenvalue weighted by Crippen LogP contribution is -2.48. The van der Waals surface area contributed by atoms with Gasteiger partial charge in [-0.25, -0.2) is 24.5 Å². The number of anilines is 1. The fourth-order valence-electron chi connectivity index (χ4n) is 4.36. The second kappa shape index (κ2) is 12.1. The Morgan fingerprint density at radius 1 is 1.03 bits per heavy atom. The minimum Gasteiger partial charge on any atom is -0.450 e. The molecule has 0 spiro atoms. The van der Waals surface area contributed by atoms with Gasteiger partial charge in [-0.3, -0.25) is 15.2 Å². The molecule has 0 atom stereocenters. The highest BCUT2D eigenvalue weighted by atomic mass is 32.1. The van der Waals surface area contributed by atoms with Gasteiger partial charge >= 0.3 is 12.1 Å². The van der Waals surface area contributed by atoms with Crippen LogP contribution < -0.4 is 10.6 Å². The van der Waals surface area contributed by atoms with Crippen molar-refractivity contribution < 1.29 is 14.3 Å². The smallest absolute Gasteiger partial charge is 0.409 e. The molecule has 4 aromatic rings. The minimum absolute atomic E-state index is 0.257. The summed E-state index contributed by atoms with van der Waals surface area (Å²) in [5, 5.41) is 6.05. The molecule has 2 N–H and O–H groups in total. The standard InChI is InChI=1S/C27H30N8O3S/c1-3-28-25(36)33-26-32-22-14-18(13-20(24(22)39-26)21-7-5-6-8-29-21)19-15-30-23(31-16-19)17-34-9-11-35(12-10-34)27(37)38-4-2/h5-8,13-16H,3-4,9-12,17H2,1-2H3,(H2,28,32,33,36). The number of amides is 3. The van der Waals surface area contributed by atoms with Crippen molar-refractivity contribution in [3.05, 3.63) is 54.7 Å². The van der Waals surface area contributed by atoms with Gasteiger partial charge in [0.15, 0.2) is 5.13 Å². The van der Waals surface area contributed by atoms with Gasteiger partial charge in [0.1, 0.15) is 5.82 Å². The van der Waals surface area contributed by atoms with E-state index in [2.05, 4.69) is 41.5 Å². The van der Waals surface area contributed by atoms with Crippen LogP contribution in [0.25, 0.3) is 32.6 Å². The van der Waals surface area contributed by atoms with Crippen molar-refractivity contribution in [2.45, 2.75) is 20.4 Å². The normalized spacial score (nSPS) is 13.8. The monoisotopic (exact) mass is 546 g/mol. The Morgan fingerprint density at radius 3 is 2.51 bits per heavy atom. The Bertz CT molecular complexity index is 1440. The Hall–Kier alpha value is -4.16. The molecular weight excluding hydrogens is 516 g/mol. The molecule has 4 heterocycles. The highest BCUT2D eigenvalue weighted by Gasteiger charge is 2.22. The van der Waals surface area contributed by atoms with Gasteiger partial charge < -0.3 is 15.0 Å². The summed E-state index contributed by atoms with van der Waals surface area (Å²) < 4.78 is 6.03. The number of nitrogens with zero attached hydrogens (tertiary/aromatic N) is 6. The average molecular weight is 547 g/mol. The summed E-state index contributed by atoms with van der Waals surface area (Å²) in [6.07, 6.45) is 5.14. The minimum atomic E-state index is -0.289. The van der Waals surface area contributed by atoms with Crippen molar-refractivity contribution in [2.24, 2.45) is 0 Å². The van der Waals surface area contributed by atoms with E-state index in [1.54, 1.807) is 11.1 Å². The summed E-state index contributed by atoms with van der Waals surface area (Å²) in [7, 11) is 0. The van der Waals surface area contributed by atoms with Gasteiger partial charge in [0.05, 0.1) is 29.1 Å². The van der Waals surface area contributed by atoms with E-state index in [0.29, 0.717) is 37.9 Å². The fraction of sp³-hybridized carbons (Fsp3) is 0.333. The summed E-state index contributed by atoms with van der Waals surface area (Å²) >= 11 is 1.41. The van der Waals surface area contributed by atoms with Crippen molar-refractivity contribution in [3.8, 4) is 22.4 Å². The molecular formula is C27H30N8O3S. The summed E-state index contributed by atoms with van der Waals surface area (Å²) in [6, 6.07) is 9.53. The van der Waals surface area contributed by atoms with Crippen molar-refractivity contribution >= 4 is 38.8 Å². The van der Waals surface area contributed by atoms with Crippen molar-refractivity contribution in [1.29, 1.82) is 0 Å². The predicted molar refractivity (Wildman–Crippen MR) is 150 cm³/mol. The Morgan fingerprint density at radius 2 is 1.82 bits per heavy atom. The number of hydrogen-bond acceptors (Lipinski definition) is 9. The first-order chi connectivity index (χ1) is 19.0. The zero-order chi connectivity index (χ0) is 27.2. The van der Waals surface area contributed by atoms with Crippen LogP contribution in [0.5, 0.6) is 0 Å². The highest BCUT2D eigenvalue weighted by Crippen LogP contribution is 2.38. The van der Waals surface area contributed by atoms with Gasteiger partial charge in [-0.1, -0.05) is 17.4 Å². The zero-order valence-corrected chi connectivity index (χ0v) is 22.7. The maximum absolute atomic E-state index is 12.1. The SMILES string of the molecule is CCNC(=O)Nc1nc2cc(-c3cnc(CN4CCN(C(=O)OCC)CC4)nc3)cc(-c3ccccn3)c2s1. The zero-order valence-electron chi connectivity index (χ0n) is 21.9. The molecule has 1 saturated heterocycles. The largest absolute Gasteiger partial charge is 0.450 e. The van der Waals surface area contributed by atoms with Crippen LogP contribution in [-0.2, 0) is 11.3 Å². The van der Waals surface area contributed by atoms with Gasteiger partial charge in [-0.2, -0.15) is 0 Å². The van der Waals surface area contributed by atoms with E-state index in [1.165, 1.54) is 11.3 Å². The number of ether oxygens (including phenoxy) is 1. The Balaban J connectivity index is 1.36. The lowest BCUT2D eigenvalue weighted by atomic mass is 10.0. The number of pyridine rings is 1. The molecule has 1 aromatic carbocycles. The number of fused-ring (bicyclic) bond motifs is 1. The Kier molecular flexibility index (Phi) is 8.23. The third kappa shape index (κ3) is 6.29. The van der Waals surface area contributed by atoms with E-state index in [-0.39, 0.29) is 12.1 Å². The lowest BCUT2D eigenvalue weighted by molar-refractivity contribution is 0.0772. The molecule has 1 aliphatic rings. The van der Waals surface area contributed by atoms with Crippen LogP contribution in [0, 0.1) is 0 Å². The third-order valence-corrected chi connectivity index (χ3v) is 7.31. The van der Waals surface area contributed by atoms with E-state index < -0.39 is 0 Å².